The van der Waals surface area contributed by atoms with E-state index in [0.717, 1.165) is 98.7 Å². The van der Waals surface area contributed by atoms with E-state index in [1.165, 1.54) is 16.7 Å². The molecule has 10 heteroatoms. The van der Waals surface area contributed by atoms with Gasteiger partial charge in [-0.1, -0.05) is 47.6 Å². The van der Waals surface area contributed by atoms with E-state index in [4.69, 9.17) is 9.97 Å². The van der Waals surface area contributed by atoms with Crippen LogP contribution in [-0.2, 0) is 26.7 Å². The van der Waals surface area contributed by atoms with Crippen LogP contribution in [0, 0.1) is 13.8 Å². The number of carbonyl (C=O) groups is 2. The minimum atomic E-state index is -0.906. The molecule has 0 spiro atoms. The molecule has 2 aliphatic heterocycles. The minimum Gasteiger partial charge on any atom is -0.481 e. The summed E-state index contributed by atoms with van der Waals surface area (Å²) in [4.78, 5) is 40.7. The molecule has 59 heavy (non-hydrogen) atoms. The number of carboxylic acids is 2. The van der Waals surface area contributed by atoms with Crippen molar-refractivity contribution in [1.82, 2.24) is 19.9 Å². The second-order valence-electron chi connectivity index (χ2n) is 16.1. The average Bonchev–Trinajstić information content (AvgIpc) is 3.82. The van der Waals surface area contributed by atoms with E-state index >= 15 is 0 Å². The molecule has 0 saturated heterocycles. The Labute approximate surface area is 359 Å². The molecule has 312 valence electrons. The number of hydrogen-bond acceptors (Lipinski definition) is 5. The van der Waals surface area contributed by atoms with Crippen LogP contribution in [0.2, 0.25) is 0 Å². The predicted molar refractivity (Wildman–Crippen MR) is 239 cm³/mol. The zero-order chi connectivity index (χ0) is 42.3. The van der Waals surface area contributed by atoms with Crippen molar-refractivity contribution in [3.8, 4) is 0 Å². The van der Waals surface area contributed by atoms with Gasteiger partial charge in [0.2, 0.25) is 0 Å². The zero-order valence-electron chi connectivity index (χ0n) is 35.9. The number of allylic oxidation sites excluding steroid dienone is 10. The van der Waals surface area contributed by atoms with Gasteiger partial charge in [-0.15, -0.1) is 0 Å². The van der Waals surface area contributed by atoms with Crippen LogP contribution < -0.4 is 0 Å². The molecule has 0 radical (unpaired) electrons. The maximum Gasteiger partial charge on any atom is 2.00 e. The SMILES string of the molecule is C=Cc1c(C)c2cc3[nH]c(cc4nc(cc5nc(cc1[nH]2)C(C)=C5CCC(=O)O)C(CCC(=O)O)=C4C)c(C)c3C(O)CC/C=C(\C)CC/C=C(\C)CCC=C(C)C.[Fe+2]. The van der Waals surface area contributed by atoms with Crippen LogP contribution in [0.5, 0.6) is 0 Å². The van der Waals surface area contributed by atoms with Gasteiger partial charge in [-0.05, 0) is 164 Å². The number of aliphatic hydroxyl groups is 1. The fourth-order valence-electron chi connectivity index (χ4n) is 7.90. The third-order valence-electron chi connectivity index (χ3n) is 11.4. The first-order valence-corrected chi connectivity index (χ1v) is 20.4. The summed E-state index contributed by atoms with van der Waals surface area (Å²) in [5.74, 6) is -1.81. The predicted octanol–water partition coefficient (Wildman–Crippen LogP) is 12.4. The molecule has 0 amide bonds. The number of aromatic amines is 2. The van der Waals surface area contributed by atoms with Gasteiger partial charge in [0.1, 0.15) is 0 Å². The quantitative estimate of drug-likeness (QED) is 0.0670. The van der Waals surface area contributed by atoms with Gasteiger partial charge in [0.15, 0.2) is 0 Å². The molecule has 3 aromatic heterocycles. The molecule has 8 bridgehead atoms. The summed E-state index contributed by atoms with van der Waals surface area (Å²) in [6.07, 6.45) is 13.8. The van der Waals surface area contributed by atoms with Crippen LogP contribution in [-0.4, -0.2) is 47.2 Å². The number of aliphatic carboxylic acids is 2. The molecule has 0 fully saturated rings. The smallest absolute Gasteiger partial charge is 0.481 e. The van der Waals surface area contributed by atoms with Crippen LogP contribution in [0.15, 0.2) is 65.8 Å². The van der Waals surface area contributed by atoms with Gasteiger partial charge >= 0.3 is 29.0 Å². The Morgan fingerprint density at radius 2 is 1.15 bits per heavy atom. The molecule has 2 aliphatic rings. The maximum absolute atomic E-state index is 11.9. The molecular weight excluding hydrogens is 780 g/mol. The van der Waals surface area contributed by atoms with Gasteiger partial charge in [0.25, 0.3) is 0 Å². The average molecular weight is 841 g/mol. The topological polar surface area (TPSA) is 152 Å². The number of H-pyrrole nitrogens is 2. The van der Waals surface area contributed by atoms with E-state index in [1.54, 1.807) is 0 Å². The molecule has 0 aliphatic carbocycles. The van der Waals surface area contributed by atoms with Crippen molar-refractivity contribution >= 4 is 62.4 Å². The first kappa shape index (κ1) is 46.7. The number of aryl methyl sites for hydroxylation is 2. The molecule has 3 aromatic rings. The van der Waals surface area contributed by atoms with Gasteiger partial charge < -0.3 is 25.3 Å². The van der Waals surface area contributed by atoms with Crippen molar-refractivity contribution in [1.29, 1.82) is 0 Å². The molecule has 1 unspecified atom stereocenters. The number of rotatable bonds is 17. The number of nitrogens with zero attached hydrogens (tertiary/aromatic N) is 2. The van der Waals surface area contributed by atoms with Crippen LogP contribution in [0.25, 0.3) is 50.4 Å². The van der Waals surface area contributed by atoms with Crippen molar-refractivity contribution in [2.75, 3.05) is 0 Å². The van der Waals surface area contributed by atoms with Crippen LogP contribution in [0.1, 0.15) is 157 Å². The third kappa shape index (κ3) is 11.6. The number of carboxylic acid groups (broad SMARTS) is 2. The summed E-state index contributed by atoms with van der Waals surface area (Å²) < 4.78 is 0. The van der Waals surface area contributed by atoms with Crippen LogP contribution in [0.4, 0.5) is 0 Å². The van der Waals surface area contributed by atoms with Gasteiger partial charge in [-0.25, -0.2) is 9.97 Å². The second kappa shape index (κ2) is 20.8. The Kier molecular flexibility index (Phi) is 16.4. The molecule has 5 N–H and O–H groups in total. The molecule has 5 rings (SSSR count). The fourth-order valence-corrected chi connectivity index (χ4v) is 7.90. The fraction of sp³-hybridized carbons (Fsp3) is 0.388. The molecule has 0 saturated carbocycles. The monoisotopic (exact) mass is 840 g/mol. The van der Waals surface area contributed by atoms with Crippen molar-refractivity contribution in [3.05, 3.63) is 111 Å². The first-order valence-electron chi connectivity index (χ1n) is 20.4. The first-order chi connectivity index (χ1) is 27.6. The minimum absolute atomic E-state index is 0. The van der Waals surface area contributed by atoms with E-state index in [0.29, 0.717) is 29.2 Å². The Bertz CT molecular complexity index is 2430. The van der Waals surface area contributed by atoms with E-state index in [-0.39, 0.29) is 42.8 Å². The Hall–Kier alpha value is -5.02. The summed E-state index contributed by atoms with van der Waals surface area (Å²) in [6, 6.07) is 7.85. The number of aliphatic hydroxyl groups excluding tert-OH is 1. The van der Waals surface area contributed by atoms with E-state index in [1.807, 2.05) is 58.0 Å². The van der Waals surface area contributed by atoms with E-state index in [2.05, 4.69) is 62.5 Å². The van der Waals surface area contributed by atoms with Crippen molar-refractivity contribution in [2.45, 2.75) is 126 Å². The van der Waals surface area contributed by atoms with Crippen LogP contribution >= 0.6 is 0 Å². The molecule has 9 nitrogen and oxygen atoms in total. The molecule has 0 aromatic carbocycles. The zero-order valence-corrected chi connectivity index (χ0v) is 37.0. The summed E-state index contributed by atoms with van der Waals surface area (Å²) in [6.45, 7) is 20.7. The van der Waals surface area contributed by atoms with E-state index < -0.39 is 18.0 Å². The molecule has 5 heterocycles. The van der Waals surface area contributed by atoms with Crippen LogP contribution in [0.3, 0.4) is 0 Å². The molecular formula is C49H60FeN4O5+2. The van der Waals surface area contributed by atoms with Crippen molar-refractivity contribution in [2.24, 2.45) is 0 Å². The summed E-state index contributed by atoms with van der Waals surface area (Å²) in [5.41, 5.74) is 16.9. The van der Waals surface area contributed by atoms with E-state index in [9.17, 15) is 24.9 Å². The van der Waals surface area contributed by atoms with Gasteiger partial charge in [0.05, 0.1) is 28.9 Å². The standard InChI is InChI=1S/C49H60N4O5.Fe/c1-10-35-31(6)40-26-45-49(46(54)19-13-18-30(5)17-12-16-29(4)15-11-14-28(2)3)34(9)41(53-45)24-38-32(7)36(20-22-47(55)56)43(51-38)27-44-37(21-23-48(57)58)33(8)39(52-44)25-42(35)50-40;/h10,14,16,18,24-27,46,50,53-54H,1,11-13,15,17,19-23H2,2-9H3,(H,55,56)(H,57,58);/q;+2/b29-16+,30-18+,38-24?,39-25?,40-26?,41-24?,42-25?,43-27?,44-27?,45-26?;. The Morgan fingerprint density at radius 1 is 0.661 bits per heavy atom. The number of fused-ring (bicyclic) bond motifs is 8. The second-order valence-corrected chi connectivity index (χ2v) is 16.1. The summed E-state index contributed by atoms with van der Waals surface area (Å²) in [5, 5.41) is 31.1. The summed E-state index contributed by atoms with van der Waals surface area (Å²) >= 11 is 0. The number of nitrogens with one attached hydrogen (secondary N) is 2. The number of aromatic nitrogens is 4. The van der Waals surface area contributed by atoms with Gasteiger partial charge in [-0.3, -0.25) is 9.59 Å². The third-order valence-corrected chi connectivity index (χ3v) is 11.4. The van der Waals surface area contributed by atoms with Gasteiger partial charge in [0, 0.05) is 46.0 Å². The van der Waals surface area contributed by atoms with Gasteiger partial charge in [-0.2, -0.15) is 0 Å². The Morgan fingerprint density at radius 3 is 1.68 bits per heavy atom. The summed E-state index contributed by atoms with van der Waals surface area (Å²) in [7, 11) is 0. The largest absolute Gasteiger partial charge is 2.00 e. The normalized spacial score (nSPS) is 13.7. The molecule has 1 atom stereocenters. The Balaban J connectivity index is 0.00000769. The van der Waals surface area contributed by atoms with Crippen molar-refractivity contribution < 1.29 is 42.0 Å². The maximum atomic E-state index is 11.9. The number of hydrogen-bond donors (Lipinski definition) is 5. The van der Waals surface area contributed by atoms with Crippen molar-refractivity contribution in [3.63, 3.8) is 0 Å².